The molecule has 0 spiro atoms. The number of amides is 1. The smallest absolute Gasteiger partial charge is 0.223 e. The average molecular weight is 319 g/mol. The molecule has 1 aromatic rings. The third-order valence-electron chi connectivity index (χ3n) is 4.72. The Bertz CT molecular complexity index is 494. The molecule has 4 heteroatoms. The van der Waals surface area contributed by atoms with Crippen molar-refractivity contribution in [1.29, 1.82) is 0 Å². The predicted octanol–water partition coefficient (Wildman–Crippen LogP) is 1.65. The Morgan fingerprint density at radius 2 is 2.00 bits per heavy atom. The minimum atomic E-state index is 0.198. The van der Waals surface area contributed by atoms with Crippen LogP contribution in [0, 0.1) is 11.8 Å². The summed E-state index contributed by atoms with van der Waals surface area (Å²) in [7, 11) is 1.72. The Morgan fingerprint density at radius 1 is 1.30 bits per heavy atom. The lowest BCUT2D eigenvalue weighted by molar-refractivity contribution is -0.919. The number of quaternary nitrogens is 1. The average Bonchev–Trinajstić information content (AvgIpc) is 2.55. The van der Waals surface area contributed by atoms with E-state index in [1.54, 1.807) is 12.0 Å². The third kappa shape index (κ3) is 5.54. The van der Waals surface area contributed by atoms with Gasteiger partial charge in [0, 0.05) is 30.9 Å². The Labute approximate surface area is 140 Å². The highest BCUT2D eigenvalue weighted by atomic mass is 16.5. The molecule has 0 saturated carbocycles. The lowest BCUT2D eigenvalue weighted by atomic mass is 9.95. The van der Waals surface area contributed by atoms with Gasteiger partial charge in [-0.3, -0.25) is 4.79 Å². The van der Waals surface area contributed by atoms with E-state index in [-0.39, 0.29) is 11.8 Å². The van der Waals surface area contributed by atoms with Crippen LogP contribution in [0.4, 0.5) is 0 Å². The maximum atomic E-state index is 12.2. The molecule has 1 heterocycles. The van der Waals surface area contributed by atoms with Gasteiger partial charge in [-0.15, -0.1) is 0 Å². The van der Waals surface area contributed by atoms with Crippen LogP contribution in [-0.2, 0) is 11.3 Å². The molecule has 1 aliphatic rings. The first-order chi connectivity index (χ1) is 11.1. The molecule has 128 valence electrons. The molecule has 0 bridgehead atoms. The van der Waals surface area contributed by atoms with E-state index in [0.717, 1.165) is 51.2 Å². The monoisotopic (exact) mass is 319 g/mol. The molecular weight excluding hydrogens is 288 g/mol. The first-order valence-corrected chi connectivity index (χ1v) is 8.83. The minimum absolute atomic E-state index is 0.198. The van der Waals surface area contributed by atoms with Gasteiger partial charge in [0.1, 0.15) is 12.3 Å². The van der Waals surface area contributed by atoms with Crippen molar-refractivity contribution in [2.45, 2.75) is 39.7 Å². The van der Waals surface area contributed by atoms with E-state index >= 15 is 0 Å². The highest BCUT2D eigenvalue weighted by Gasteiger charge is 2.27. The lowest BCUT2D eigenvalue weighted by Gasteiger charge is -2.29. The van der Waals surface area contributed by atoms with E-state index in [2.05, 4.69) is 31.3 Å². The van der Waals surface area contributed by atoms with Crippen molar-refractivity contribution in [3.8, 4) is 5.75 Å². The van der Waals surface area contributed by atoms with Gasteiger partial charge in [-0.05, 0) is 24.5 Å². The van der Waals surface area contributed by atoms with Crippen molar-refractivity contribution in [3.05, 3.63) is 29.8 Å². The minimum Gasteiger partial charge on any atom is -0.496 e. The first kappa shape index (κ1) is 17.8. The summed E-state index contributed by atoms with van der Waals surface area (Å²) in [4.78, 5) is 13.7. The van der Waals surface area contributed by atoms with Crippen molar-refractivity contribution in [2.24, 2.45) is 11.8 Å². The summed E-state index contributed by atoms with van der Waals surface area (Å²) in [5, 5.41) is 3.10. The van der Waals surface area contributed by atoms with Crippen LogP contribution in [0.2, 0.25) is 0 Å². The van der Waals surface area contributed by atoms with E-state index in [0.29, 0.717) is 5.92 Å². The van der Waals surface area contributed by atoms with Gasteiger partial charge >= 0.3 is 0 Å². The van der Waals surface area contributed by atoms with Gasteiger partial charge in [-0.1, -0.05) is 26.0 Å². The largest absolute Gasteiger partial charge is 0.496 e. The second-order valence-electron chi connectivity index (χ2n) is 6.99. The third-order valence-corrected chi connectivity index (χ3v) is 4.72. The summed E-state index contributed by atoms with van der Waals surface area (Å²) >= 11 is 0. The van der Waals surface area contributed by atoms with Crippen LogP contribution >= 0.6 is 0 Å². The van der Waals surface area contributed by atoms with E-state index in [9.17, 15) is 4.79 Å². The second-order valence-corrected chi connectivity index (χ2v) is 6.99. The van der Waals surface area contributed by atoms with Crippen LogP contribution in [-0.4, -0.2) is 32.7 Å². The number of hydrogen-bond acceptors (Lipinski definition) is 2. The van der Waals surface area contributed by atoms with E-state index in [1.165, 1.54) is 5.56 Å². The summed E-state index contributed by atoms with van der Waals surface area (Å²) in [6.45, 7) is 8.27. The summed E-state index contributed by atoms with van der Waals surface area (Å²) in [5.41, 5.74) is 1.25. The molecule has 4 nitrogen and oxygen atoms in total. The second kappa shape index (κ2) is 8.92. The quantitative estimate of drug-likeness (QED) is 0.802. The summed E-state index contributed by atoms with van der Waals surface area (Å²) in [5.74, 6) is 2.06. The number of para-hydroxylation sites is 1. The van der Waals surface area contributed by atoms with Crippen molar-refractivity contribution >= 4 is 5.91 Å². The molecule has 0 radical (unpaired) electrons. The van der Waals surface area contributed by atoms with Gasteiger partial charge < -0.3 is 15.0 Å². The van der Waals surface area contributed by atoms with Crippen molar-refractivity contribution < 1.29 is 14.4 Å². The fraction of sp³-hybridized carbons (Fsp3) is 0.632. The predicted molar refractivity (Wildman–Crippen MR) is 92.6 cm³/mol. The number of piperidine rings is 1. The molecule has 0 aromatic heterocycles. The standard InChI is InChI=1S/C19H30N2O2/c1-15(2)8-11-20-19(22)16-9-12-21(13-10-16)14-17-6-4-5-7-18(17)23-3/h4-7,15-16H,8-14H2,1-3H3,(H,20,22)/p+1. The van der Waals surface area contributed by atoms with Crippen molar-refractivity contribution in [2.75, 3.05) is 26.7 Å². The summed E-state index contributed by atoms with van der Waals surface area (Å²) < 4.78 is 5.43. The molecule has 1 aliphatic heterocycles. The molecule has 2 rings (SSSR count). The fourth-order valence-electron chi connectivity index (χ4n) is 3.21. The Kier molecular flexibility index (Phi) is 6.90. The molecule has 0 unspecified atom stereocenters. The van der Waals surface area contributed by atoms with Crippen LogP contribution < -0.4 is 15.0 Å². The van der Waals surface area contributed by atoms with Gasteiger partial charge in [0.05, 0.1) is 20.2 Å². The number of methoxy groups -OCH3 is 1. The van der Waals surface area contributed by atoms with Gasteiger partial charge in [-0.25, -0.2) is 0 Å². The lowest BCUT2D eigenvalue weighted by Crippen LogP contribution is -3.11. The molecule has 0 atom stereocenters. The number of ether oxygens (including phenoxy) is 1. The molecule has 2 N–H and O–H groups in total. The maximum absolute atomic E-state index is 12.2. The SMILES string of the molecule is COc1ccccc1C[NH+]1CCC(C(=O)NCCC(C)C)CC1. The van der Waals surface area contributed by atoms with Gasteiger partial charge in [0.2, 0.25) is 5.91 Å². The normalized spacial score (nSPS) is 21.2. The number of carbonyl (C=O) groups excluding carboxylic acids is 1. The zero-order valence-electron chi connectivity index (χ0n) is 14.7. The molecule has 1 aromatic carbocycles. The van der Waals surface area contributed by atoms with E-state index in [1.807, 2.05) is 12.1 Å². The van der Waals surface area contributed by atoms with Crippen LogP contribution in [0.25, 0.3) is 0 Å². The number of hydrogen-bond donors (Lipinski definition) is 2. The molecule has 23 heavy (non-hydrogen) atoms. The van der Waals surface area contributed by atoms with Crippen LogP contribution in [0.1, 0.15) is 38.7 Å². The first-order valence-electron chi connectivity index (χ1n) is 8.83. The van der Waals surface area contributed by atoms with Crippen LogP contribution in [0.3, 0.4) is 0 Å². The molecule has 1 amide bonds. The van der Waals surface area contributed by atoms with Gasteiger partial charge in [-0.2, -0.15) is 0 Å². The summed E-state index contributed by atoms with van der Waals surface area (Å²) in [6.07, 6.45) is 3.03. The number of carbonyl (C=O) groups is 1. The number of likely N-dealkylation sites (tertiary alicyclic amines) is 1. The highest BCUT2D eigenvalue weighted by molar-refractivity contribution is 5.78. The summed E-state index contributed by atoms with van der Waals surface area (Å²) in [6, 6.07) is 8.22. The van der Waals surface area contributed by atoms with E-state index in [4.69, 9.17) is 4.74 Å². The number of benzene rings is 1. The van der Waals surface area contributed by atoms with Crippen molar-refractivity contribution in [3.63, 3.8) is 0 Å². The van der Waals surface area contributed by atoms with Crippen LogP contribution in [0.15, 0.2) is 24.3 Å². The zero-order chi connectivity index (χ0) is 16.7. The molecule has 1 saturated heterocycles. The molecule has 0 aliphatic carbocycles. The molecular formula is C19H31N2O2+. The Hall–Kier alpha value is -1.55. The maximum Gasteiger partial charge on any atom is 0.223 e. The van der Waals surface area contributed by atoms with Gasteiger partial charge in [0.15, 0.2) is 0 Å². The number of rotatable bonds is 7. The van der Waals surface area contributed by atoms with Crippen LogP contribution in [0.5, 0.6) is 5.75 Å². The Morgan fingerprint density at radius 3 is 2.65 bits per heavy atom. The number of nitrogens with one attached hydrogen (secondary N) is 2. The molecule has 1 fully saturated rings. The topological polar surface area (TPSA) is 42.8 Å². The van der Waals surface area contributed by atoms with Gasteiger partial charge in [0.25, 0.3) is 0 Å². The fourth-order valence-corrected chi connectivity index (χ4v) is 3.21. The zero-order valence-corrected chi connectivity index (χ0v) is 14.7. The Balaban J connectivity index is 1.76. The van der Waals surface area contributed by atoms with E-state index < -0.39 is 0 Å². The highest BCUT2D eigenvalue weighted by Crippen LogP contribution is 2.17. The van der Waals surface area contributed by atoms with Crippen molar-refractivity contribution in [1.82, 2.24) is 5.32 Å².